The van der Waals surface area contributed by atoms with Gasteiger partial charge in [-0.1, -0.05) is 32.4 Å². The molecule has 8 heteroatoms. The van der Waals surface area contributed by atoms with Crippen molar-refractivity contribution < 1.29 is 34.0 Å². The van der Waals surface area contributed by atoms with Crippen LogP contribution in [0.4, 0.5) is 0 Å². The van der Waals surface area contributed by atoms with Crippen molar-refractivity contribution in [1.29, 1.82) is 0 Å². The fourth-order valence-corrected chi connectivity index (χ4v) is 11.1. The zero-order chi connectivity index (χ0) is 26.6. The summed E-state index contributed by atoms with van der Waals surface area (Å²) in [6.07, 6.45) is 6.69. The van der Waals surface area contributed by atoms with Crippen LogP contribution in [0.1, 0.15) is 59.8 Å². The number of ketones is 1. The Labute approximate surface area is 223 Å². The van der Waals surface area contributed by atoms with E-state index in [1.54, 1.807) is 6.08 Å². The summed E-state index contributed by atoms with van der Waals surface area (Å²) in [5.74, 6) is -2.67. The minimum atomic E-state index is -1.52. The molecule has 0 aromatic heterocycles. The zero-order valence-electron chi connectivity index (χ0n) is 22.7. The lowest BCUT2D eigenvalue weighted by Gasteiger charge is -2.68. The first-order valence-corrected chi connectivity index (χ1v) is 14.5. The highest BCUT2D eigenvalue weighted by Gasteiger charge is 2.81. The van der Waals surface area contributed by atoms with Gasteiger partial charge in [0.2, 0.25) is 0 Å². The van der Waals surface area contributed by atoms with Crippen molar-refractivity contribution in [3.63, 3.8) is 0 Å². The van der Waals surface area contributed by atoms with Crippen LogP contribution in [0.3, 0.4) is 0 Å². The number of aliphatic hydroxyl groups is 2. The number of carbonyl (C=O) groups excluding carboxylic acids is 2. The second kappa shape index (κ2) is 6.93. The molecule has 38 heavy (non-hydrogen) atoms. The van der Waals surface area contributed by atoms with Gasteiger partial charge in [-0.2, -0.15) is 0 Å². The molecule has 8 rings (SSSR count). The number of esters is 1. The molecule has 0 aromatic rings. The minimum absolute atomic E-state index is 0.0299. The van der Waals surface area contributed by atoms with Crippen LogP contribution in [0, 0.1) is 45.8 Å². The molecule has 8 nitrogen and oxygen atoms in total. The molecular formula is C30H39NO7. The first-order valence-electron chi connectivity index (χ1n) is 14.5. The summed E-state index contributed by atoms with van der Waals surface area (Å²) < 4.78 is 18.9. The highest BCUT2D eigenvalue weighted by molar-refractivity contribution is 5.94. The fourth-order valence-electron chi connectivity index (χ4n) is 11.1. The number of hydrogen-bond acceptors (Lipinski definition) is 8. The summed E-state index contributed by atoms with van der Waals surface area (Å²) in [7, 11) is 0. The maximum atomic E-state index is 13.5. The topological polar surface area (TPSA) is 106 Å². The summed E-state index contributed by atoms with van der Waals surface area (Å²) in [6.45, 7) is 9.51. The van der Waals surface area contributed by atoms with Gasteiger partial charge in [-0.15, -0.1) is 0 Å². The predicted molar refractivity (Wildman–Crippen MR) is 134 cm³/mol. The molecule has 5 saturated heterocycles. The average Bonchev–Trinajstić information content (AvgIpc) is 3.49. The standard InChI is InChI=1S/C30H39NO7/c1-15-7-18-23(19(32)8-15)17(3)30(35)25-27(18,13-37-30)10-21-26(4,28(25)11-22(33)36-14-28)5-6-29-9-16(2)24(34)20(38-29)12-31(21)29/h8,10,16-18,20,23-25,34-35H,5-7,9,11-14H2,1-4H3. The quantitative estimate of drug-likeness (QED) is 0.465. The van der Waals surface area contributed by atoms with Gasteiger partial charge in [0.25, 0.3) is 0 Å². The van der Waals surface area contributed by atoms with Crippen molar-refractivity contribution in [2.75, 3.05) is 19.8 Å². The minimum Gasteiger partial charge on any atom is -0.465 e. The summed E-state index contributed by atoms with van der Waals surface area (Å²) >= 11 is 0. The molecule has 1 saturated carbocycles. The molecular weight excluding hydrogens is 486 g/mol. The number of cyclic esters (lactones) is 1. The third-order valence-corrected chi connectivity index (χ3v) is 12.8. The Bertz CT molecular complexity index is 1230. The van der Waals surface area contributed by atoms with Crippen LogP contribution < -0.4 is 0 Å². The van der Waals surface area contributed by atoms with Gasteiger partial charge in [-0.3, -0.25) is 9.59 Å². The molecule has 0 amide bonds. The summed E-state index contributed by atoms with van der Waals surface area (Å²) in [4.78, 5) is 28.9. The van der Waals surface area contributed by atoms with E-state index in [0.29, 0.717) is 13.2 Å². The fraction of sp³-hybridized carbons (Fsp3) is 0.800. The molecule has 5 aliphatic heterocycles. The lowest BCUT2D eigenvalue weighted by Crippen LogP contribution is -2.71. The van der Waals surface area contributed by atoms with Crippen LogP contribution in [0.5, 0.6) is 0 Å². The third kappa shape index (κ3) is 2.42. The lowest BCUT2D eigenvalue weighted by molar-refractivity contribution is -0.294. The van der Waals surface area contributed by atoms with E-state index in [2.05, 4.69) is 24.8 Å². The number of aliphatic hydroxyl groups excluding tert-OH is 1. The van der Waals surface area contributed by atoms with Gasteiger partial charge in [0, 0.05) is 52.7 Å². The van der Waals surface area contributed by atoms with E-state index in [4.69, 9.17) is 14.2 Å². The van der Waals surface area contributed by atoms with Crippen molar-refractivity contribution in [2.45, 2.75) is 83.5 Å². The van der Waals surface area contributed by atoms with Gasteiger partial charge < -0.3 is 29.3 Å². The van der Waals surface area contributed by atoms with Crippen molar-refractivity contribution in [3.05, 3.63) is 23.4 Å². The number of carbonyl (C=O) groups is 2. The molecule has 3 aliphatic carbocycles. The van der Waals surface area contributed by atoms with E-state index in [1.807, 2.05) is 13.8 Å². The van der Waals surface area contributed by atoms with Crippen LogP contribution in [-0.4, -0.2) is 70.3 Å². The number of allylic oxidation sites excluding steroid dienone is 3. The van der Waals surface area contributed by atoms with E-state index in [0.717, 1.165) is 37.0 Å². The molecule has 5 heterocycles. The summed E-state index contributed by atoms with van der Waals surface area (Å²) in [5.41, 5.74) is -0.00357. The normalized spacial score (nSPS) is 58.1. The van der Waals surface area contributed by atoms with E-state index >= 15 is 0 Å². The number of ether oxygens (including phenoxy) is 3. The number of nitrogens with zero attached hydrogens (tertiary/aromatic N) is 1. The van der Waals surface area contributed by atoms with Gasteiger partial charge in [0.05, 0.1) is 25.7 Å². The van der Waals surface area contributed by atoms with Gasteiger partial charge in [-0.05, 0) is 44.1 Å². The Morgan fingerprint density at radius 3 is 2.68 bits per heavy atom. The number of rotatable bonds is 0. The molecule has 12 atom stereocenters. The Hall–Kier alpha value is -1.74. The van der Waals surface area contributed by atoms with Gasteiger partial charge in [0.1, 0.15) is 11.8 Å². The molecule has 0 aromatic carbocycles. The zero-order valence-corrected chi connectivity index (χ0v) is 22.7. The molecule has 2 spiro atoms. The number of hydrogen-bond donors (Lipinski definition) is 2. The molecule has 0 radical (unpaired) electrons. The van der Waals surface area contributed by atoms with Crippen molar-refractivity contribution in [2.24, 2.45) is 45.8 Å². The molecule has 2 N–H and O–H groups in total. The van der Waals surface area contributed by atoms with E-state index < -0.39 is 39.8 Å². The highest BCUT2D eigenvalue weighted by Crippen LogP contribution is 2.78. The van der Waals surface area contributed by atoms with Crippen LogP contribution in [0.15, 0.2) is 23.4 Å². The van der Waals surface area contributed by atoms with Crippen LogP contribution in [0.2, 0.25) is 0 Å². The average molecular weight is 526 g/mol. The molecule has 6 fully saturated rings. The molecule has 8 aliphatic rings. The van der Waals surface area contributed by atoms with Crippen molar-refractivity contribution >= 4 is 11.8 Å². The van der Waals surface area contributed by atoms with Gasteiger partial charge in [-0.25, -0.2) is 0 Å². The molecule has 206 valence electrons. The van der Waals surface area contributed by atoms with Crippen LogP contribution in [0.25, 0.3) is 0 Å². The largest absolute Gasteiger partial charge is 0.465 e. The second-order valence-electron chi connectivity index (χ2n) is 14.3. The Kier molecular flexibility index (Phi) is 4.40. The van der Waals surface area contributed by atoms with E-state index in [-0.39, 0.29) is 54.6 Å². The van der Waals surface area contributed by atoms with Gasteiger partial charge in [0.15, 0.2) is 11.6 Å². The SMILES string of the molecule is CC1=CC(=O)C2C(C1)C13C=C4N5CC6OC5(CCC4(C)C4(COC(=O)C4)C1C(O)(OC3)C2C)CC(C)C6O. The summed E-state index contributed by atoms with van der Waals surface area (Å²) in [6, 6.07) is 0. The summed E-state index contributed by atoms with van der Waals surface area (Å²) in [5, 5.41) is 23.4. The van der Waals surface area contributed by atoms with Crippen molar-refractivity contribution in [1.82, 2.24) is 4.90 Å². The highest BCUT2D eigenvalue weighted by atomic mass is 16.6. The van der Waals surface area contributed by atoms with E-state index in [9.17, 15) is 19.8 Å². The number of piperidine rings is 1. The van der Waals surface area contributed by atoms with Crippen LogP contribution >= 0.6 is 0 Å². The molecule has 4 bridgehead atoms. The maximum Gasteiger partial charge on any atom is 0.306 e. The number of fused-ring (bicyclic) bond motifs is 5. The Balaban J connectivity index is 1.39. The Morgan fingerprint density at radius 1 is 1.16 bits per heavy atom. The van der Waals surface area contributed by atoms with Gasteiger partial charge >= 0.3 is 5.97 Å². The second-order valence-corrected chi connectivity index (χ2v) is 14.3. The smallest absolute Gasteiger partial charge is 0.306 e. The predicted octanol–water partition coefficient (Wildman–Crippen LogP) is 2.54. The first-order chi connectivity index (χ1) is 17.9. The van der Waals surface area contributed by atoms with Crippen molar-refractivity contribution in [3.8, 4) is 0 Å². The van der Waals surface area contributed by atoms with E-state index in [1.165, 1.54) is 0 Å². The van der Waals surface area contributed by atoms with Crippen LogP contribution in [-0.2, 0) is 23.8 Å². The monoisotopic (exact) mass is 525 g/mol. The maximum absolute atomic E-state index is 13.5. The molecule has 12 unspecified atom stereocenters. The third-order valence-electron chi connectivity index (χ3n) is 12.8. The first kappa shape index (κ1) is 24.1. The lowest BCUT2D eigenvalue weighted by atomic mass is 9.37. The Morgan fingerprint density at radius 2 is 1.95 bits per heavy atom.